The summed E-state index contributed by atoms with van der Waals surface area (Å²) in [5.74, 6) is -2.14. The van der Waals surface area contributed by atoms with Gasteiger partial charge in [-0.05, 0) is 45.4 Å². The SMILES string of the molecule is C=C(C)c1cc2cc(C(C)=O)c(O)c(/C(=C\C(=O)OCC)C(=O)OCC)c2o1. The fourth-order valence-electron chi connectivity index (χ4n) is 2.65. The third-order valence-electron chi connectivity index (χ3n) is 3.89. The van der Waals surface area contributed by atoms with Gasteiger partial charge in [0.15, 0.2) is 5.78 Å². The molecule has 0 spiro atoms. The average molecular weight is 386 g/mol. The number of ether oxygens (including phenoxy) is 2. The number of hydrogen-bond acceptors (Lipinski definition) is 7. The van der Waals surface area contributed by atoms with Crippen LogP contribution >= 0.6 is 0 Å². The zero-order valence-electron chi connectivity index (χ0n) is 16.3. The summed E-state index contributed by atoms with van der Waals surface area (Å²) in [7, 11) is 0. The predicted molar refractivity (Wildman–Crippen MR) is 104 cm³/mol. The molecule has 1 N–H and O–H groups in total. The summed E-state index contributed by atoms with van der Waals surface area (Å²) in [5, 5.41) is 11.2. The van der Waals surface area contributed by atoms with E-state index in [0.717, 1.165) is 6.08 Å². The molecule has 0 aliphatic heterocycles. The highest BCUT2D eigenvalue weighted by Crippen LogP contribution is 2.39. The summed E-state index contributed by atoms with van der Waals surface area (Å²) in [5.41, 5.74) is 0.341. The number of phenols is 1. The summed E-state index contributed by atoms with van der Waals surface area (Å²) >= 11 is 0. The van der Waals surface area contributed by atoms with Crippen molar-refractivity contribution in [3.05, 3.63) is 41.7 Å². The lowest BCUT2D eigenvalue weighted by molar-refractivity contribution is -0.139. The van der Waals surface area contributed by atoms with Crippen molar-refractivity contribution in [2.45, 2.75) is 27.7 Å². The summed E-state index contributed by atoms with van der Waals surface area (Å²) in [6.45, 7) is 10.2. The molecule has 1 aromatic carbocycles. The van der Waals surface area contributed by atoms with Crippen LogP contribution in [0.5, 0.6) is 5.75 Å². The lowest BCUT2D eigenvalue weighted by atomic mass is 9.96. The zero-order chi connectivity index (χ0) is 21.0. The molecule has 0 radical (unpaired) electrons. The van der Waals surface area contributed by atoms with Gasteiger partial charge < -0.3 is 19.0 Å². The number of carbonyl (C=O) groups is 3. The molecule has 1 heterocycles. The molecule has 148 valence electrons. The van der Waals surface area contributed by atoms with Crippen LogP contribution < -0.4 is 0 Å². The Morgan fingerprint density at radius 2 is 1.79 bits per heavy atom. The number of esters is 2. The second kappa shape index (κ2) is 8.56. The van der Waals surface area contributed by atoms with E-state index in [1.807, 2.05) is 0 Å². The fourth-order valence-corrected chi connectivity index (χ4v) is 2.65. The Hall–Kier alpha value is -3.35. The van der Waals surface area contributed by atoms with Crippen molar-refractivity contribution in [2.75, 3.05) is 13.2 Å². The minimum Gasteiger partial charge on any atom is -0.506 e. The third kappa shape index (κ3) is 4.14. The summed E-state index contributed by atoms with van der Waals surface area (Å²) in [6, 6.07) is 3.10. The van der Waals surface area contributed by atoms with E-state index in [2.05, 4.69) is 6.58 Å². The number of aromatic hydroxyl groups is 1. The maximum atomic E-state index is 12.5. The van der Waals surface area contributed by atoms with E-state index in [1.165, 1.54) is 13.0 Å². The van der Waals surface area contributed by atoms with Crippen LogP contribution in [0.2, 0.25) is 0 Å². The predicted octanol–water partition coefficient (Wildman–Crippen LogP) is 3.88. The molecule has 0 unspecified atom stereocenters. The standard InChI is InChI=1S/C21H22O7/c1-6-26-17(23)10-15(21(25)27-7-2)18-19(24)14(12(5)22)8-13-9-16(11(3)4)28-20(13)18/h8-10,24H,3,6-7H2,1-2,4-5H3/b15-10+. The third-order valence-corrected chi connectivity index (χ3v) is 3.89. The molecule has 0 atom stereocenters. The summed E-state index contributed by atoms with van der Waals surface area (Å²) in [6.07, 6.45) is 0.920. The normalized spacial score (nSPS) is 11.4. The summed E-state index contributed by atoms with van der Waals surface area (Å²) < 4.78 is 15.7. The van der Waals surface area contributed by atoms with E-state index >= 15 is 0 Å². The maximum absolute atomic E-state index is 12.5. The lowest BCUT2D eigenvalue weighted by Crippen LogP contribution is -2.11. The number of allylic oxidation sites excluding steroid dienone is 1. The Bertz CT molecular complexity index is 992. The van der Waals surface area contributed by atoms with Crippen molar-refractivity contribution < 1.29 is 33.4 Å². The number of carbonyl (C=O) groups excluding carboxylic acids is 3. The highest BCUT2D eigenvalue weighted by molar-refractivity contribution is 6.25. The van der Waals surface area contributed by atoms with Crippen LogP contribution in [0.25, 0.3) is 22.1 Å². The van der Waals surface area contributed by atoms with E-state index in [9.17, 15) is 19.5 Å². The molecule has 2 aromatic rings. The number of fused-ring (bicyclic) bond motifs is 1. The number of ketones is 1. The monoisotopic (exact) mass is 386 g/mol. The van der Waals surface area contributed by atoms with Gasteiger partial charge in [0.1, 0.15) is 17.1 Å². The molecular formula is C21H22O7. The van der Waals surface area contributed by atoms with E-state index in [4.69, 9.17) is 13.9 Å². The molecule has 7 nitrogen and oxygen atoms in total. The lowest BCUT2D eigenvalue weighted by Gasteiger charge is -2.12. The van der Waals surface area contributed by atoms with Gasteiger partial charge in [0.25, 0.3) is 0 Å². The molecular weight excluding hydrogens is 364 g/mol. The molecule has 7 heteroatoms. The number of rotatable bonds is 7. The molecule has 28 heavy (non-hydrogen) atoms. The van der Waals surface area contributed by atoms with Gasteiger partial charge in [0, 0.05) is 11.5 Å². The van der Waals surface area contributed by atoms with E-state index < -0.39 is 23.5 Å². The smallest absolute Gasteiger partial charge is 0.339 e. The van der Waals surface area contributed by atoms with Crippen LogP contribution in [0.4, 0.5) is 0 Å². The van der Waals surface area contributed by atoms with Gasteiger partial charge >= 0.3 is 11.9 Å². The Morgan fingerprint density at radius 3 is 2.32 bits per heavy atom. The second-order valence-electron chi connectivity index (χ2n) is 6.04. The first kappa shape index (κ1) is 21.0. The van der Waals surface area contributed by atoms with Gasteiger partial charge in [0.05, 0.1) is 29.9 Å². The highest BCUT2D eigenvalue weighted by atomic mass is 16.5. The quantitative estimate of drug-likeness (QED) is 0.437. The molecule has 0 fully saturated rings. The summed E-state index contributed by atoms with van der Waals surface area (Å²) in [4.78, 5) is 36.6. The number of benzene rings is 1. The van der Waals surface area contributed by atoms with Crippen LogP contribution in [-0.4, -0.2) is 36.0 Å². The minimum absolute atomic E-state index is 0.0179. The van der Waals surface area contributed by atoms with E-state index in [1.54, 1.807) is 26.8 Å². The van der Waals surface area contributed by atoms with Gasteiger partial charge in [-0.3, -0.25) is 4.79 Å². The minimum atomic E-state index is -0.860. The average Bonchev–Trinajstić information content (AvgIpc) is 3.04. The maximum Gasteiger partial charge on any atom is 0.339 e. The van der Waals surface area contributed by atoms with Crippen molar-refractivity contribution in [1.29, 1.82) is 0 Å². The van der Waals surface area contributed by atoms with Gasteiger partial charge in [-0.15, -0.1) is 0 Å². The molecule has 2 rings (SSSR count). The van der Waals surface area contributed by atoms with Gasteiger partial charge in [-0.25, -0.2) is 9.59 Å². The van der Waals surface area contributed by atoms with Crippen LogP contribution in [0.15, 0.2) is 29.2 Å². The largest absolute Gasteiger partial charge is 0.506 e. The van der Waals surface area contributed by atoms with Crippen molar-refractivity contribution >= 4 is 39.8 Å². The first-order chi connectivity index (χ1) is 13.2. The van der Waals surface area contributed by atoms with Crippen molar-refractivity contribution in [1.82, 2.24) is 0 Å². The van der Waals surface area contributed by atoms with Gasteiger partial charge in [-0.2, -0.15) is 0 Å². The van der Waals surface area contributed by atoms with Crippen molar-refractivity contribution in [3.8, 4) is 5.75 Å². The van der Waals surface area contributed by atoms with Crippen molar-refractivity contribution in [3.63, 3.8) is 0 Å². The van der Waals surface area contributed by atoms with Crippen LogP contribution in [-0.2, 0) is 19.1 Å². The Balaban J connectivity index is 2.89. The van der Waals surface area contributed by atoms with Crippen LogP contribution in [0, 0.1) is 0 Å². The molecule has 1 aromatic heterocycles. The van der Waals surface area contributed by atoms with Gasteiger partial charge in [0.2, 0.25) is 0 Å². The highest BCUT2D eigenvalue weighted by Gasteiger charge is 2.27. The molecule has 0 saturated heterocycles. The zero-order valence-corrected chi connectivity index (χ0v) is 16.3. The topological polar surface area (TPSA) is 103 Å². The first-order valence-corrected chi connectivity index (χ1v) is 8.73. The van der Waals surface area contributed by atoms with Crippen LogP contribution in [0.1, 0.15) is 49.4 Å². The van der Waals surface area contributed by atoms with E-state index in [-0.39, 0.29) is 35.5 Å². The first-order valence-electron chi connectivity index (χ1n) is 8.73. The Morgan fingerprint density at radius 1 is 1.14 bits per heavy atom. The number of hydrogen-bond donors (Lipinski definition) is 1. The number of furan rings is 1. The number of phenolic OH excluding ortho intramolecular Hbond substituents is 1. The van der Waals surface area contributed by atoms with Crippen molar-refractivity contribution in [2.24, 2.45) is 0 Å². The molecule has 0 aliphatic rings. The second-order valence-corrected chi connectivity index (χ2v) is 6.04. The molecule has 0 bridgehead atoms. The van der Waals surface area contributed by atoms with Gasteiger partial charge in [-0.1, -0.05) is 6.58 Å². The number of Topliss-reactive ketones (excluding diaryl/α,β-unsaturated/α-hetero) is 1. The fraction of sp³-hybridized carbons (Fsp3) is 0.286. The van der Waals surface area contributed by atoms with E-state index in [0.29, 0.717) is 16.7 Å². The Labute approximate surface area is 162 Å². The molecule has 0 amide bonds. The Kier molecular flexibility index (Phi) is 6.41. The molecule has 0 aliphatic carbocycles. The van der Waals surface area contributed by atoms with Crippen LogP contribution in [0.3, 0.4) is 0 Å². The molecule has 0 saturated carbocycles.